The quantitative estimate of drug-likeness (QED) is 0.804. The van der Waals surface area contributed by atoms with Crippen molar-refractivity contribution in [3.63, 3.8) is 0 Å². The van der Waals surface area contributed by atoms with E-state index in [2.05, 4.69) is 42.5 Å². The molecule has 0 aromatic heterocycles. The van der Waals surface area contributed by atoms with E-state index in [9.17, 15) is 0 Å². The van der Waals surface area contributed by atoms with E-state index in [1.807, 2.05) is 6.92 Å². The number of ether oxygens (including phenoxy) is 3. The zero-order chi connectivity index (χ0) is 16.6. The third-order valence-corrected chi connectivity index (χ3v) is 5.79. The Hall–Kier alpha value is -1.42. The van der Waals surface area contributed by atoms with Crippen molar-refractivity contribution in [2.45, 2.75) is 50.6 Å². The van der Waals surface area contributed by atoms with Crippen LogP contribution < -0.4 is 0 Å². The molecule has 4 atom stereocenters. The first-order valence-electron chi connectivity index (χ1n) is 9.09. The second-order valence-electron chi connectivity index (χ2n) is 6.93. The summed E-state index contributed by atoms with van der Waals surface area (Å²) >= 11 is 0. The minimum absolute atomic E-state index is 0.143. The van der Waals surface area contributed by atoms with Crippen molar-refractivity contribution >= 4 is 10.8 Å². The van der Waals surface area contributed by atoms with Gasteiger partial charge in [0.15, 0.2) is 12.1 Å². The van der Waals surface area contributed by atoms with Crippen molar-refractivity contribution in [2.24, 2.45) is 5.92 Å². The van der Waals surface area contributed by atoms with Crippen LogP contribution in [0.4, 0.5) is 0 Å². The predicted octanol–water partition coefficient (Wildman–Crippen LogP) is 4.85. The van der Waals surface area contributed by atoms with Crippen LogP contribution in [0.2, 0.25) is 0 Å². The highest BCUT2D eigenvalue weighted by Crippen LogP contribution is 2.53. The van der Waals surface area contributed by atoms with E-state index in [0.717, 1.165) is 19.3 Å². The third kappa shape index (κ3) is 2.55. The number of hydrogen-bond donors (Lipinski definition) is 0. The normalized spacial score (nSPS) is 32.8. The molecule has 2 fully saturated rings. The van der Waals surface area contributed by atoms with Crippen molar-refractivity contribution in [2.75, 3.05) is 13.7 Å². The molecule has 128 valence electrons. The summed E-state index contributed by atoms with van der Waals surface area (Å²) in [5.41, 5.74) is 1.43. The van der Waals surface area contributed by atoms with Gasteiger partial charge in [0.25, 0.3) is 0 Å². The second-order valence-corrected chi connectivity index (χ2v) is 6.93. The molecule has 2 aliphatic rings. The van der Waals surface area contributed by atoms with Crippen LogP contribution in [0.1, 0.15) is 44.1 Å². The lowest BCUT2D eigenvalue weighted by Gasteiger charge is -2.42. The Bertz CT molecular complexity index is 708. The van der Waals surface area contributed by atoms with Gasteiger partial charge in [0.1, 0.15) is 0 Å². The van der Waals surface area contributed by atoms with Crippen LogP contribution in [0, 0.1) is 5.92 Å². The molecule has 0 radical (unpaired) electrons. The minimum Gasteiger partial charge on any atom is -0.353 e. The van der Waals surface area contributed by atoms with Crippen molar-refractivity contribution in [3.05, 3.63) is 48.0 Å². The molecule has 2 aromatic rings. The number of rotatable bonds is 4. The van der Waals surface area contributed by atoms with Gasteiger partial charge in [-0.05, 0) is 42.0 Å². The Morgan fingerprint density at radius 2 is 2.00 bits per heavy atom. The monoisotopic (exact) mass is 326 g/mol. The van der Waals surface area contributed by atoms with Gasteiger partial charge in [-0.25, -0.2) is 0 Å². The molecule has 4 rings (SSSR count). The average molecular weight is 326 g/mol. The fourth-order valence-electron chi connectivity index (χ4n) is 4.77. The Kier molecular flexibility index (Phi) is 4.33. The van der Waals surface area contributed by atoms with Crippen molar-refractivity contribution in [3.8, 4) is 0 Å². The van der Waals surface area contributed by atoms with E-state index in [1.54, 1.807) is 7.11 Å². The van der Waals surface area contributed by atoms with Gasteiger partial charge in [-0.2, -0.15) is 0 Å². The van der Waals surface area contributed by atoms with Gasteiger partial charge in [-0.15, -0.1) is 0 Å². The van der Waals surface area contributed by atoms with E-state index in [1.165, 1.54) is 22.8 Å². The van der Waals surface area contributed by atoms with Crippen LogP contribution in [-0.4, -0.2) is 25.8 Å². The molecule has 1 heterocycles. The van der Waals surface area contributed by atoms with E-state index < -0.39 is 5.79 Å². The highest BCUT2D eigenvalue weighted by molar-refractivity contribution is 5.86. The predicted molar refractivity (Wildman–Crippen MR) is 94.9 cm³/mol. The maximum absolute atomic E-state index is 6.26. The van der Waals surface area contributed by atoms with Crippen LogP contribution in [0.5, 0.6) is 0 Å². The fraction of sp³-hybridized carbons (Fsp3) is 0.524. The molecule has 4 unspecified atom stereocenters. The summed E-state index contributed by atoms with van der Waals surface area (Å²) in [6.45, 7) is 2.70. The molecule has 1 saturated heterocycles. The standard InChI is InChI=1S/C21H26O3/c1-3-23-20-14-19-18(12-7-13-21(19,22-2)24-20)17-11-6-9-15-8-4-5-10-16(15)17/h4-6,8-11,18-20H,3,7,12-14H2,1-2H3. The zero-order valence-electron chi connectivity index (χ0n) is 14.5. The van der Waals surface area contributed by atoms with Gasteiger partial charge < -0.3 is 14.2 Å². The SMILES string of the molecule is CCOC1CC2C(c3cccc4ccccc34)CCCC2(OC)O1. The Morgan fingerprint density at radius 1 is 1.17 bits per heavy atom. The molecule has 24 heavy (non-hydrogen) atoms. The molecule has 0 N–H and O–H groups in total. The Balaban J connectivity index is 1.74. The average Bonchev–Trinajstić information content (AvgIpc) is 3.00. The van der Waals surface area contributed by atoms with Crippen LogP contribution in [-0.2, 0) is 14.2 Å². The first kappa shape index (κ1) is 16.1. The minimum atomic E-state index is -0.486. The second kappa shape index (κ2) is 6.47. The molecule has 3 nitrogen and oxygen atoms in total. The molecule has 0 spiro atoms. The van der Waals surface area contributed by atoms with Gasteiger partial charge in [-0.3, -0.25) is 0 Å². The van der Waals surface area contributed by atoms with Crippen LogP contribution in [0.3, 0.4) is 0 Å². The maximum atomic E-state index is 6.26. The van der Waals surface area contributed by atoms with Gasteiger partial charge in [0.05, 0.1) is 0 Å². The lowest BCUT2D eigenvalue weighted by Crippen LogP contribution is -2.43. The van der Waals surface area contributed by atoms with Crippen molar-refractivity contribution in [1.29, 1.82) is 0 Å². The van der Waals surface area contributed by atoms with Crippen LogP contribution in [0.15, 0.2) is 42.5 Å². The summed E-state index contributed by atoms with van der Waals surface area (Å²) in [5, 5.41) is 2.67. The molecule has 1 aliphatic carbocycles. The summed E-state index contributed by atoms with van der Waals surface area (Å²) in [4.78, 5) is 0. The van der Waals surface area contributed by atoms with Crippen molar-refractivity contribution < 1.29 is 14.2 Å². The molecule has 1 saturated carbocycles. The Morgan fingerprint density at radius 3 is 2.83 bits per heavy atom. The molecule has 2 aromatic carbocycles. The summed E-state index contributed by atoms with van der Waals surface area (Å²) in [7, 11) is 1.78. The topological polar surface area (TPSA) is 27.7 Å². The molecule has 1 aliphatic heterocycles. The number of benzene rings is 2. The molecule has 0 bridgehead atoms. The first-order valence-corrected chi connectivity index (χ1v) is 9.09. The molecule has 3 heteroatoms. The lowest BCUT2D eigenvalue weighted by atomic mass is 9.70. The highest BCUT2D eigenvalue weighted by Gasteiger charge is 2.54. The van der Waals surface area contributed by atoms with E-state index in [0.29, 0.717) is 18.4 Å². The zero-order valence-corrected chi connectivity index (χ0v) is 14.5. The number of hydrogen-bond acceptors (Lipinski definition) is 3. The Labute approximate surface area is 143 Å². The summed E-state index contributed by atoms with van der Waals surface area (Å²) < 4.78 is 18.0. The fourth-order valence-corrected chi connectivity index (χ4v) is 4.77. The molecular formula is C21H26O3. The summed E-state index contributed by atoms with van der Waals surface area (Å²) in [6, 6.07) is 15.3. The molecular weight excluding hydrogens is 300 g/mol. The van der Waals surface area contributed by atoms with Crippen LogP contribution in [0.25, 0.3) is 10.8 Å². The van der Waals surface area contributed by atoms with Gasteiger partial charge in [-0.1, -0.05) is 42.5 Å². The largest absolute Gasteiger partial charge is 0.353 e. The lowest BCUT2D eigenvalue weighted by molar-refractivity contribution is -0.282. The van der Waals surface area contributed by atoms with Crippen molar-refractivity contribution in [1.82, 2.24) is 0 Å². The summed E-state index contributed by atoms with van der Waals surface area (Å²) in [6.07, 6.45) is 4.04. The summed E-state index contributed by atoms with van der Waals surface area (Å²) in [5.74, 6) is 0.313. The smallest absolute Gasteiger partial charge is 0.174 e. The maximum Gasteiger partial charge on any atom is 0.174 e. The number of methoxy groups -OCH3 is 1. The molecule has 0 amide bonds. The van der Waals surface area contributed by atoms with Crippen LogP contribution >= 0.6 is 0 Å². The van der Waals surface area contributed by atoms with E-state index >= 15 is 0 Å². The third-order valence-electron chi connectivity index (χ3n) is 5.79. The van der Waals surface area contributed by atoms with E-state index in [-0.39, 0.29) is 6.29 Å². The van der Waals surface area contributed by atoms with Gasteiger partial charge in [0, 0.05) is 32.5 Å². The first-order chi connectivity index (χ1) is 11.8. The van der Waals surface area contributed by atoms with E-state index in [4.69, 9.17) is 14.2 Å². The highest BCUT2D eigenvalue weighted by atomic mass is 16.8. The number of fused-ring (bicyclic) bond motifs is 2. The van der Waals surface area contributed by atoms with Gasteiger partial charge in [0.2, 0.25) is 0 Å². The van der Waals surface area contributed by atoms with Gasteiger partial charge >= 0.3 is 0 Å².